The number of aromatic nitrogens is 3. The number of ether oxygens (including phenoxy) is 1. The Hall–Kier alpha value is -3.28. The zero-order valence-electron chi connectivity index (χ0n) is 15.1. The molecule has 164 valence electrons. The molecule has 0 saturated heterocycles. The molecule has 3 rings (SSSR count). The molecule has 1 aromatic carbocycles. The van der Waals surface area contributed by atoms with Crippen molar-refractivity contribution >= 4 is 23.2 Å². The van der Waals surface area contributed by atoms with Crippen molar-refractivity contribution in [2.24, 2.45) is 0 Å². The highest BCUT2D eigenvalue weighted by molar-refractivity contribution is 6.17. The Kier molecular flexibility index (Phi) is 6.11. The van der Waals surface area contributed by atoms with E-state index in [1.165, 1.54) is 30.6 Å². The van der Waals surface area contributed by atoms with Gasteiger partial charge in [-0.2, -0.15) is 31.4 Å². The number of anilines is 1. The summed E-state index contributed by atoms with van der Waals surface area (Å²) in [5.74, 6) is -0.512. The van der Waals surface area contributed by atoms with Crippen LogP contribution in [0, 0.1) is 0 Å². The van der Waals surface area contributed by atoms with Gasteiger partial charge in [-0.05, 0) is 30.3 Å². The molecule has 6 nitrogen and oxygen atoms in total. The van der Waals surface area contributed by atoms with Crippen LogP contribution >= 0.6 is 11.6 Å². The molecule has 0 aliphatic carbocycles. The number of hydrogen-bond donors (Lipinski definition) is 1. The van der Waals surface area contributed by atoms with Crippen LogP contribution in [0.1, 0.15) is 21.7 Å². The number of nitrogens with one attached hydrogen (secondary N) is 1. The number of benzene rings is 1. The van der Waals surface area contributed by atoms with E-state index in [0.29, 0.717) is 0 Å². The van der Waals surface area contributed by atoms with Gasteiger partial charge in [-0.15, -0.1) is 0 Å². The minimum Gasteiger partial charge on any atom is -0.475 e. The monoisotopic (exact) mass is 464 g/mol. The van der Waals surface area contributed by atoms with E-state index in [-0.39, 0.29) is 39.5 Å². The second kappa shape index (κ2) is 8.46. The molecule has 0 atom stereocenters. The first kappa shape index (κ1) is 22.4. The molecular weight excluding hydrogens is 454 g/mol. The van der Waals surface area contributed by atoms with Gasteiger partial charge in [0.1, 0.15) is 5.69 Å². The van der Waals surface area contributed by atoms with Crippen LogP contribution in [0.3, 0.4) is 0 Å². The lowest BCUT2D eigenvalue weighted by Gasteiger charge is -2.12. The number of carbonyl (C=O) groups excluding carboxylic acids is 1. The zero-order chi connectivity index (χ0) is 22.8. The number of pyridine rings is 1. The topological polar surface area (TPSA) is 69.0 Å². The second-order valence-electron chi connectivity index (χ2n) is 5.95. The summed E-state index contributed by atoms with van der Waals surface area (Å²) in [5, 5.41) is 5.53. The lowest BCUT2D eigenvalue weighted by Crippen LogP contribution is -2.15. The van der Waals surface area contributed by atoms with E-state index in [9.17, 15) is 31.1 Å². The summed E-state index contributed by atoms with van der Waals surface area (Å²) < 4.78 is 83.2. The average molecular weight is 465 g/mol. The van der Waals surface area contributed by atoms with Gasteiger partial charge in [0.2, 0.25) is 0 Å². The molecule has 2 aromatic heterocycles. The van der Waals surface area contributed by atoms with E-state index < -0.39 is 29.6 Å². The van der Waals surface area contributed by atoms with Crippen molar-refractivity contribution in [1.82, 2.24) is 14.8 Å². The molecule has 2 heterocycles. The van der Waals surface area contributed by atoms with Gasteiger partial charge in [0.05, 0.1) is 17.4 Å². The smallest absolute Gasteiger partial charge is 0.435 e. The molecule has 0 aliphatic rings. The highest BCUT2D eigenvalue weighted by Crippen LogP contribution is 2.36. The van der Waals surface area contributed by atoms with E-state index in [4.69, 9.17) is 16.3 Å². The van der Waals surface area contributed by atoms with Crippen molar-refractivity contribution in [3.63, 3.8) is 0 Å². The standard InChI is InChI=1S/C18H11ClF6N4O2/c19-9-31-13-8-26-6-5-12(13)16(30)27-10-1-3-11(4-2-10)29-15(18(23,24)25)7-14(28-29)17(20,21)22/h1-8H,9H2,(H,27,30). The molecule has 0 aliphatic heterocycles. The third kappa shape index (κ3) is 5.08. The maximum absolute atomic E-state index is 13.2. The van der Waals surface area contributed by atoms with Gasteiger partial charge in [0, 0.05) is 18.0 Å². The predicted molar refractivity (Wildman–Crippen MR) is 97.1 cm³/mol. The van der Waals surface area contributed by atoms with Gasteiger partial charge >= 0.3 is 12.4 Å². The Morgan fingerprint density at radius 3 is 2.32 bits per heavy atom. The minimum atomic E-state index is -5.07. The quantitative estimate of drug-likeness (QED) is 0.420. The summed E-state index contributed by atoms with van der Waals surface area (Å²) >= 11 is 5.48. The van der Waals surface area contributed by atoms with Crippen LogP contribution < -0.4 is 10.1 Å². The Morgan fingerprint density at radius 2 is 1.74 bits per heavy atom. The van der Waals surface area contributed by atoms with Crippen LogP contribution in [0.2, 0.25) is 0 Å². The molecule has 31 heavy (non-hydrogen) atoms. The maximum Gasteiger partial charge on any atom is 0.435 e. The molecule has 0 saturated carbocycles. The second-order valence-corrected chi connectivity index (χ2v) is 6.17. The van der Waals surface area contributed by atoms with Crippen molar-refractivity contribution in [2.45, 2.75) is 12.4 Å². The SMILES string of the molecule is O=C(Nc1ccc(-n2nc(C(F)(F)F)cc2C(F)(F)F)cc1)c1ccncc1OCCl. The van der Waals surface area contributed by atoms with Gasteiger partial charge in [-0.3, -0.25) is 9.78 Å². The Morgan fingerprint density at radius 1 is 1.06 bits per heavy atom. The van der Waals surface area contributed by atoms with Gasteiger partial charge in [-0.25, -0.2) is 4.68 Å². The van der Waals surface area contributed by atoms with Gasteiger partial charge in [0.25, 0.3) is 5.91 Å². The van der Waals surface area contributed by atoms with Gasteiger partial charge in [0.15, 0.2) is 17.5 Å². The molecule has 0 unspecified atom stereocenters. The Bertz CT molecular complexity index is 1080. The fraction of sp³-hybridized carbons (Fsp3) is 0.167. The van der Waals surface area contributed by atoms with Crippen molar-refractivity contribution in [3.8, 4) is 11.4 Å². The third-order valence-electron chi connectivity index (χ3n) is 3.90. The highest BCUT2D eigenvalue weighted by Gasteiger charge is 2.42. The van der Waals surface area contributed by atoms with E-state index in [2.05, 4.69) is 15.4 Å². The fourth-order valence-electron chi connectivity index (χ4n) is 2.54. The highest BCUT2D eigenvalue weighted by atomic mass is 35.5. The molecule has 0 radical (unpaired) electrons. The summed E-state index contributed by atoms with van der Waals surface area (Å²) in [6.07, 6.45) is -7.50. The van der Waals surface area contributed by atoms with Crippen LogP contribution in [0.15, 0.2) is 48.8 Å². The number of carbonyl (C=O) groups is 1. The third-order valence-corrected chi connectivity index (χ3v) is 4.01. The first-order valence-corrected chi connectivity index (χ1v) is 8.83. The summed E-state index contributed by atoms with van der Waals surface area (Å²) in [4.78, 5) is 16.2. The summed E-state index contributed by atoms with van der Waals surface area (Å²) in [6, 6.07) is 5.66. The lowest BCUT2D eigenvalue weighted by atomic mass is 10.2. The largest absolute Gasteiger partial charge is 0.475 e. The normalized spacial score (nSPS) is 12.0. The number of rotatable bonds is 5. The van der Waals surface area contributed by atoms with Crippen molar-refractivity contribution in [2.75, 3.05) is 11.4 Å². The first-order chi connectivity index (χ1) is 14.5. The fourth-order valence-corrected chi connectivity index (χ4v) is 2.66. The molecule has 1 amide bonds. The van der Waals surface area contributed by atoms with E-state index in [0.717, 1.165) is 12.1 Å². The van der Waals surface area contributed by atoms with Crippen LogP contribution in [0.4, 0.5) is 32.0 Å². The molecule has 0 fully saturated rings. The lowest BCUT2D eigenvalue weighted by molar-refractivity contribution is -0.143. The van der Waals surface area contributed by atoms with Crippen LogP contribution in [0.5, 0.6) is 5.75 Å². The van der Waals surface area contributed by atoms with Crippen LogP contribution in [-0.2, 0) is 12.4 Å². The summed E-state index contributed by atoms with van der Waals surface area (Å²) in [5.41, 5.74) is -3.28. The zero-order valence-corrected chi connectivity index (χ0v) is 15.9. The average Bonchev–Trinajstić information content (AvgIpc) is 3.16. The Balaban J connectivity index is 1.88. The Labute approximate surface area is 175 Å². The number of nitrogens with zero attached hydrogens (tertiary/aromatic N) is 3. The molecule has 0 spiro atoms. The summed E-state index contributed by atoms with van der Waals surface area (Å²) in [7, 11) is 0. The van der Waals surface area contributed by atoms with E-state index >= 15 is 0 Å². The number of hydrogen-bond acceptors (Lipinski definition) is 4. The van der Waals surface area contributed by atoms with Crippen molar-refractivity contribution < 1.29 is 35.9 Å². The number of halogens is 7. The molecular formula is C18H11ClF6N4O2. The van der Waals surface area contributed by atoms with Crippen LogP contribution in [-0.4, -0.2) is 26.7 Å². The van der Waals surface area contributed by atoms with E-state index in [1.54, 1.807) is 0 Å². The van der Waals surface area contributed by atoms with Crippen LogP contribution in [0.25, 0.3) is 5.69 Å². The number of alkyl halides is 7. The summed E-state index contributed by atoms with van der Waals surface area (Å²) in [6.45, 7) is 0. The minimum absolute atomic E-state index is 0.0719. The molecule has 3 aromatic rings. The first-order valence-electron chi connectivity index (χ1n) is 8.29. The molecule has 0 bridgehead atoms. The maximum atomic E-state index is 13.2. The molecule has 1 N–H and O–H groups in total. The van der Waals surface area contributed by atoms with Gasteiger partial charge < -0.3 is 10.1 Å². The molecule has 13 heteroatoms. The van der Waals surface area contributed by atoms with Gasteiger partial charge in [-0.1, -0.05) is 11.6 Å². The van der Waals surface area contributed by atoms with Crippen molar-refractivity contribution in [1.29, 1.82) is 0 Å². The number of amides is 1. The van der Waals surface area contributed by atoms with E-state index in [1.807, 2.05) is 0 Å². The predicted octanol–water partition coefficient (Wildman–Crippen LogP) is 5.13. The van der Waals surface area contributed by atoms with Crippen molar-refractivity contribution in [3.05, 3.63) is 65.7 Å².